The standard InChI is InChI=1S/C14H23N3O2S/c1-10-7-11(2)12(3)17(9-10)20(18,19)14-5-4-6-16-13(14)8-15/h4-6,10-12H,7-9,15H2,1-3H3. The van der Waals surface area contributed by atoms with E-state index in [9.17, 15) is 8.42 Å². The van der Waals surface area contributed by atoms with Crippen molar-refractivity contribution in [2.24, 2.45) is 17.6 Å². The molecule has 3 unspecified atom stereocenters. The molecule has 1 aliphatic heterocycles. The number of pyridine rings is 1. The van der Waals surface area contributed by atoms with E-state index in [4.69, 9.17) is 5.73 Å². The molecule has 1 aromatic rings. The van der Waals surface area contributed by atoms with Crippen LogP contribution in [-0.4, -0.2) is 30.3 Å². The van der Waals surface area contributed by atoms with Crippen LogP contribution < -0.4 is 5.73 Å². The molecule has 0 saturated carbocycles. The molecule has 0 spiro atoms. The van der Waals surface area contributed by atoms with Crippen LogP contribution in [0.1, 0.15) is 32.9 Å². The van der Waals surface area contributed by atoms with Gasteiger partial charge in [0, 0.05) is 25.3 Å². The van der Waals surface area contributed by atoms with Gasteiger partial charge in [0.2, 0.25) is 10.0 Å². The third-order valence-corrected chi connectivity index (χ3v) is 6.20. The highest BCUT2D eigenvalue weighted by molar-refractivity contribution is 7.89. The molecule has 2 N–H and O–H groups in total. The van der Waals surface area contributed by atoms with Gasteiger partial charge in [0.25, 0.3) is 0 Å². The van der Waals surface area contributed by atoms with Crippen molar-refractivity contribution >= 4 is 10.0 Å². The van der Waals surface area contributed by atoms with Gasteiger partial charge in [-0.25, -0.2) is 8.42 Å². The lowest BCUT2D eigenvalue weighted by Crippen LogP contribution is -2.48. The summed E-state index contributed by atoms with van der Waals surface area (Å²) in [5.41, 5.74) is 6.06. The number of hydrogen-bond donors (Lipinski definition) is 1. The summed E-state index contributed by atoms with van der Waals surface area (Å²) in [6.07, 6.45) is 2.63. The van der Waals surface area contributed by atoms with Gasteiger partial charge in [-0.2, -0.15) is 4.31 Å². The van der Waals surface area contributed by atoms with Crippen LogP contribution in [-0.2, 0) is 16.6 Å². The zero-order valence-electron chi connectivity index (χ0n) is 12.3. The number of hydrogen-bond acceptors (Lipinski definition) is 4. The van der Waals surface area contributed by atoms with E-state index in [-0.39, 0.29) is 17.5 Å². The molecule has 6 heteroatoms. The zero-order chi connectivity index (χ0) is 14.9. The van der Waals surface area contributed by atoms with Crippen LogP contribution in [0.15, 0.2) is 23.2 Å². The second kappa shape index (κ2) is 5.79. The van der Waals surface area contributed by atoms with Crippen molar-refractivity contribution in [2.75, 3.05) is 6.54 Å². The second-order valence-electron chi connectivity index (χ2n) is 5.79. The van der Waals surface area contributed by atoms with Crippen molar-refractivity contribution in [1.29, 1.82) is 0 Å². The fourth-order valence-corrected chi connectivity index (χ4v) is 4.95. The lowest BCUT2D eigenvalue weighted by molar-refractivity contribution is 0.157. The minimum atomic E-state index is -3.53. The number of nitrogens with zero attached hydrogens (tertiary/aromatic N) is 2. The first-order chi connectivity index (χ1) is 9.37. The van der Waals surface area contributed by atoms with Crippen molar-refractivity contribution < 1.29 is 8.42 Å². The van der Waals surface area contributed by atoms with Crippen LogP contribution in [0, 0.1) is 11.8 Å². The maximum atomic E-state index is 12.9. The summed E-state index contributed by atoms with van der Waals surface area (Å²) >= 11 is 0. The molecule has 5 nitrogen and oxygen atoms in total. The predicted molar refractivity (Wildman–Crippen MR) is 78.4 cm³/mol. The zero-order valence-corrected chi connectivity index (χ0v) is 13.1. The van der Waals surface area contributed by atoms with E-state index in [0.717, 1.165) is 6.42 Å². The lowest BCUT2D eigenvalue weighted by Gasteiger charge is -2.40. The van der Waals surface area contributed by atoms with Gasteiger partial charge in [-0.05, 0) is 37.3 Å². The van der Waals surface area contributed by atoms with Gasteiger partial charge in [-0.3, -0.25) is 4.98 Å². The Hall–Kier alpha value is -0.980. The third kappa shape index (κ3) is 2.73. The molecule has 2 rings (SSSR count). The van der Waals surface area contributed by atoms with Gasteiger partial charge < -0.3 is 5.73 Å². The SMILES string of the molecule is CC1CC(C)C(C)N(S(=O)(=O)c2cccnc2CN)C1. The highest BCUT2D eigenvalue weighted by Crippen LogP contribution is 2.32. The molecular weight excluding hydrogens is 274 g/mol. The van der Waals surface area contributed by atoms with E-state index in [1.807, 2.05) is 6.92 Å². The largest absolute Gasteiger partial charge is 0.325 e. The Labute approximate surface area is 121 Å². The van der Waals surface area contributed by atoms with Crippen LogP contribution in [0.4, 0.5) is 0 Å². The van der Waals surface area contributed by atoms with E-state index in [1.165, 1.54) is 0 Å². The summed E-state index contributed by atoms with van der Waals surface area (Å²) in [4.78, 5) is 4.34. The molecule has 1 aliphatic rings. The molecule has 1 aromatic heterocycles. The Morgan fingerprint density at radius 3 is 2.75 bits per heavy atom. The third-order valence-electron chi connectivity index (χ3n) is 4.17. The fourth-order valence-electron chi connectivity index (χ4n) is 2.92. The van der Waals surface area contributed by atoms with E-state index < -0.39 is 10.0 Å². The molecule has 2 heterocycles. The predicted octanol–water partition coefficient (Wildman–Crippen LogP) is 1.60. The first-order valence-electron chi connectivity index (χ1n) is 7.03. The molecule has 3 atom stereocenters. The normalized spacial score (nSPS) is 28.5. The van der Waals surface area contributed by atoms with E-state index in [1.54, 1.807) is 22.6 Å². The van der Waals surface area contributed by atoms with Crippen molar-refractivity contribution in [2.45, 2.75) is 44.7 Å². The summed E-state index contributed by atoms with van der Waals surface area (Å²) in [7, 11) is -3.53. The lowest BCUT2D eigenvalue weighted by atomic mass is 9.88. The maximum Gasteiger partial charge on any atom is 0.245 e. The smallest absolute Gasteiger partial charge is 0.245 e. The minimum Gasteiger partial charge on any atom is -0.325 e. The quantitative estimate of drug-likeness (QED) is 0.919. The van der Waals surface area contributed by atoms with Crippen LogP contribution in [0.5, 0.6) is 0 Å². The Morgan fingerprint density at radius 1 is 1.40 bits per heavy atom. The molecule has 1 fully saturated rings. The van der Waals surface area contributed by atoms with E-state index in [0.29, 0.717) is 24.1 Å². The Bertz CT molecular complexity index is 574. The molecule has 112 valence electrons. The summed E-state index contributed by atoms with van der Waals surface area (Å²) in [5.74, 6) is 0.723. The highest BCUT2D eigenvalue weighted by atomic mass is 32.2. The topological polar surface area (TPSA) is 76.3 Å². The first-order valence-corrected chi connectivity index (χ1v) is 8.47. The summed E-state index contributed by atoms with van der Waals surface area (Å²) in [6, 6.07) is 3.25. The monoisotopic (exact) mass is 297 g/mol. The highest BCUT2D eigenvalue weighted by Gasteiger charge is 2.38. The van der Waals surface area contributed by atoms with Gasteiger partial charge in [0.05, 0.1) is 5.69 Å². The number of nitrogens with two attached hydrogens (primary N) is 1. The van der Waals surface area contributed by atoms with Crippen molar-refractivity contribution in [3.63, 3.8) is 0 Å². The van der Waals surface area contributed by atoms with Gasteiger partial charge in [0.1, 0.15) is 4.90 Å². The van der Waals surface area contributed by atoms with E-state index in [2.05, 4.69) is 18.8 Å². The van der Waals surface area contributed by atoms with Crippen LogP contribution >= 0.6 is 0 Å². The minimum absolute atomic E-state index is 0.00188. The molecule has 1 saturated heterocycles. The Morgan fingerprint density at radius 2 is 2.10 bits per heavy atom. The maximum absolute atomic E-state index is 12.9. The average molecular weight is 297 g/mol. The van der Waals surface area contributed by atoms with Crippen molar-refractivity contribution in [1.82, 2.24) is 9.29 Å². The molecule has 0 radical (unpaired) electrons. The van der Waals surface area contributed by atoms with Crippen molar-refractivity contribution in [3.8, 4) is 0 Å². The summed E-state index contributed by atoms with van der Waals surface area (Å²) < 4.78 is 27.4. The van der Waals surface area contributed by atoms with Gasteiger partial charge in [-0.15, -0.1) is 0 Å². The van der Waals surface area contributed by atoms with Crippen LogP contribution in [0.2, 0.25) is 0 Å². The van der Waals surface area contributed by atoms with Gasteiger partial charge >= 0.3 is 0 Å². The Balaban J connectivity index is 2.43. The number of rotatable bonds is 3. The average Bonchev–Trinajstić information content (AvgIpc) is 2.42. The molecule has 0 bridgehead atoms. The molecule has 0 aromatic carbocycles. The van der Waals surface area contributed by atoms with Gasteiger partial charge in [0.15, 0.2) is 0 Å². The second-order valence-corrected chi connectivity index (χ2v) is 7.64. The molecule has 0 aliphatic carbocycles. The molecule has 0 amide bonds. The number of aromatic nitrogens is 1. The van der Waals surface area contributed by atoms with Gasteiger partial charge in [-0.1, -0.05) is 13.8 Å². The van der Waals surface area contributed by atoms with E-state index >= 15 is 0 Å². The Kier molecular flexibility index (Phi) is 4.46. The van der Waals surface area contributed by atoms with Crippen LogP contribution in [0.25, 0.3) is 0 Å². The first kappa shape index (κ1) is 15.4. The summed E-state index contributed by atoms with van der Waals surface area (Å²) in [5, 5.41) is 0. The van der Waals surface area contributed by atoms with Crippen molar-refractivity contribution in [3.05, 3.63) is 24.0 Å². The number of sulfonamides is 1. The molecule has 20 heavy (non-hydrogen) atoms. The fraction of sp³-hybridized carbons (Fsp3) is 0.643. The van der Waals surface area contributed by atoms with Crippen LogP contribution in [0.3, 0.4) is 0 Å². The summed E-state index contributed by atoms with van der Waals surface area (Å²) in [6.45, 7) is 6.87. The molecular formula is C14H23N3O2S. The number of piperidine rings is 1.